The average Bonchev–Trinajstić information content (AvgIpc) is 2.80. The van der Waals surface area contributed by atoms with Gasteiger partial charge in [0.2, 0.25) is 0 Å². The van der Waals surface area contributed by atoms with E-state index in [1.54, 1.807) is 7.11 Å². The summed E-state index contributed by atoms with van der Waals surface area (Å²) in [5.74, 6) is 0.322. The molecule has 0 aliphatic heterocycles. The fourth-order valence-electron chi connectivity index (χ4n) is 4.17. The average molecular weight is 481 g/mol. The molecule has 4 rings (SSSR count). The summed E-state index contributed by atoms with van der Waals surface area (Å²) in [7, 11) is -0.998. The molecule has 0 heterocycles. The van der Waals surface area contributed by atoms with E-state index in [9.17, 15) is 0 Å². The van der Waals surface area contributed by atoms with Crippen LogP contribution < -0.4 is 20.7 Å². The summed E-state index contributed by atoms with van der Waals surface area (Å²) < 4.78 is 21.6. The van der Waals surface area contributed by atoms with E-state index in [0.717, 1.165) is 0 Å². The zero-order valence-corrected chi connectivity index (χ0v) is 19.3. The summed E-state index contributed by atoms with van der Waals surface area (Å²) in [5.41, 5.74) is 0.615. The van der Waals surface area contributed by atoms with Crippen molar-refractivity contribution in [3.63, 3.8) is 0 Å². The molecule has 0 bridgehead atoms. The van der Waals surface area contributed by atoms with E-state index in [1.807, 2.05) is 24.3 Å². The number of methoxy groups -OCH3 is 1. The van der Waals surface area contributed by atoms with Gasteiger partial charge in [-0.25, -0.2) is 0 Å². The zero-order valence-electron chi connectivity index (χ0n) is 16.7. The molecule has 0 spiro atoms. The van der Waals surface area contributed by atoms with Gasteiger partial charge in [-0.05, 0) is 0 Å². The van der Waals surface area contributed by atoms with Gasteiger partial charge in [0.25, 0.3) is 0 Å². The van der Waals surface area contributed by atoms with Crippen LogP contribution in [0, 0.1) is 5.82 Å². The summed E-state index contributed by atoms with van der Waals surface area (Å²) >= 11 is 3.39. The first-order chi connectivity index (χ1) is 14.6. The third-order valence-electron chi connectivity index (χ3n) is 5.58. The van der Waals surface area contributed by atoms with Crippen LogP contribution in [-0.4, -0.2) is 7.11 Å². The third kappa shape index (κ3) is 3.93. The first kappa shape index (κ1) is 20.8. The number of hydrogen-bond acceptors (Lipinski definition) is 1. The second-order valence-corrected chi connectivity index (χ2v) is 12.1. The molecule has 0 radical (unpaired) electrons. The van der Waals surface area contributed by atoms with Crippen LogP contribution in [0.25, 0.3) is 0 Å². The van der Waals surface area contributed by atoms with Crippen molar-refractivity contribution in [3.05, 3.63) is 119 Å². The van der Waals surface area contributed by atoms with Gasteiger partial charge in [0.1, 0.15) is 0 Å². The third-order valence-corrected chi connectivity index (χ3v) is 10.9. The molecule has 0 aliphatic carbocycles. The van der Waals surface area contributed by atoms with E-state index in [0.29, 0.717) is 21.9 Å². The summed E-state index contributed by atoms with van der Waals surface area (Å²) in [6.07, 6.45) is 0.563. The van der Waals surface area contributed by atoms with Gasteiger partial charge in [0, 0.05) is 0 Å². The molecule has 0 N–H and O–H groups in total. The van der Waals surface area contributed by atoms with E-state index in [2.05, 4.69) is 88.7 Å². The van der Waals surface area contributed by atoms with Crippen molar-refractivity contribution < 1.29 is 9.13 Å². The number of benzene rings is 4. The van der Waals surface area contributed by atoms with Gasteiger partial charge in [-0.3, -0.25) is 0 Å². The number of rotatable bonds is 6. The van der Waals surface area contributed by atoms with E-state index in [-0.39, 0.29) is 5.82 Å². The standard InChI is InChI=1S/C26H23BrFOP/c1-29-26-18-20(27)17-25(28)24(26)19-30(21-11-5-2-6-12-21,22-13-7-3-8-14-22)23-15-9-4-10-16-23/h2-18,30H,19H2,1H3. The monoisotopic (exact) mass is 480 g/mol. The van der Waals surface area contributed by atoms with Crippen LogP contribution in [0.2, 0.25) is 0 Å². The molecule has 0 atom stereocenters. The molecule has 4 aromatic rings. The summed E-state index contributed by atoms with van der Waals surface area (Å²) in [6.45, 7) is 0. The summed E-state index contributed by atoms with van der Waals surface area (Å²) in [4.78, 5) is 0. The van der Waals surface area contributed by atoms with Gasteiger partial charge in [-0.2, -0.15) is 0 Å². The first-order valence-electron chi connectivity index (χ1n) is 9.83. The van der Waals surface area contributed by atoms with Gasteiger partial charge in [0.15, 0.2) is 0 Å². The molecule has 30 heavy (non-hydrogen) atoms. The number of halogens is 2. The Morgan fingerprint density at radius 1 is 0.733 bits per heavy atom. The maximum absolute atomic E-state index is 15.3. The Morgan fingerprint density at radius 2 is 1.17 bits per heavy atom. The minimum atomic E-state index is -2.60. The molecule has 4 aromatic carbocycles. The Labute approximate surface area is 186 Å². The fraction of sp³-hybridized carbons (Fsp3) is 0.0769. The molecule has 0 aliphatic rings. The van der Waals surface area contributed by atoms with Gasteiger partial charge in [-0.1, -0.05) is 0 Å². The molecular weight excluding hydrogens is 458 g/mol. The van der Waals surface area contributed by atoms with Crippen LogP contribution in [0.1, 0.15) is 5.56 Å². The molecule has 0 amide bonds. The molecule has 4 heteroatoms. The molecule has 0 aromatic heterocycles. The number of hydrogen-bond donors (Lipinski definition) is 0. The Morgan fingerprint density at radius 3 is 1.57 bits per heavy atom. The van der Waals surface area contributed by atoms with Gasteiger partial charge < -0.3 is 0 Å². The van der Waals surface area contributed by atoms with Crippen molar-refractivity contribution in [1.29, 1.82) is 0 Å². The fourth-order valence-corrected chi connectivity index (χ4v) is 9.35. The van der Waals surface area contributed by atoms with Crippen LogP contribution in [0.5, 0.6) is 5.75 Å². The van der Waals surface area contributed by atoms with Crippen LogP contribution in [0.3, 0.4) is 0 Å². The second-order valence-electron chi connectivity index (χ2n) is 7.25. The van der Waals surface area contributed by atoms with E-state index >= 15 is 4.39 Å². The van der Waals surface area contributed by atoms with Crippen LogP contribution in [0.15, 0.2) is 108 Å². The topological polar surface area (TPSA) is 9.23 Å². The maximum atomic E-state index is 15.3. The predicted molar refractivity (Wildman–Crippen MR) is 131 cm³/mol. The Kier molecular flexibility index (Phi) is 6.32. The Bertz CT molecular complexity index is 1020. The molecular formula is C26H23BrFOP. The van der Waals surface area contributed by atoms with Crippen LogP contribution >= 0.6 is 23.2 Å². The Hall–Kier alpha value is -2.48. The van der Waals surface area contributed by atoms with Gasteiger partial charge in [-0.15, -0.1) is 0 Å². The van der Waals surface area contributed by atoms with Crippen molar-refractivity contribution in [3.8, 4) is 5.75 Å². The molecule has 0 fully saturated rings. The van der Waals surface area contributed by atoms with Crippen molar-refractivity contribution in [2.45, 2.75) is 6.16 Å². The normalized spacial score (nSPS) is 11.8. The predicted octanol–water partition coefficient (Wildman–Crippen LogP) is 5.82. The first-order valence-corrected chi connectivity index (χ1v) is 12.8. The van der Waals surface area contributed by atoms with Gasteiger partial charge in [0.05, 0.1) is 0 Å². The van der Waals surface area contributed by atoms with E-state index in [4.69, 9.17) is 4.74 Å². The Balaban J connectivity index is 2.04. The minimum absolute atomic E-state index is 0.249. The van der Waals surface area contributed by atoms with Crippen molar-refractivity contribution >= 4 is 39.1 Å². The molecule has 152 valence electrons. The summed E-state index contributed by atoms with van der Waals surface area (Å²) in [5, 5.41) is 3.73. The molecule has 0 saturated heterocycles. The van der Waals surface area contributed by atoms with Gasteiger partial charge >= 0.3 is 186 Å². The molecule has 1 nitrogen and oxygen atoms in total. The molecule has 0 saturated carbocycles. The number of ether oxygens (including phenoxy) is 1. The van der Waals surface area contributed by atoms with Crippen molar-refractivity contribution in [2.75, 3.05) is 7.11 Å². The van der Waals surface area contributed by atoms with Crippen LogP contribution in [-0.2, 0) is 6.16 Å². The zero-order chi connectivity index (χ0) is 21.0. The van der Waals surface area contributed by atoms with Crippen LogP contribution in [0.4, 0.5) is 4.39 Å². The quantitative estimate of drug-likeness (QED) is 0.316. The molecule has 0 unspecified atom stereocenters. The summed E-state index contributed by atoms with van der Waals surface area (Å²) in [6, 6.07) is 34.9. The van der Waals surface area contributed by atoms with Crippen molar-refractivity contribution in [1.82, 2.24) is 0 Å². The van der Waals surface area contributed by atoms with Crippen molar-refractivity contribution in [2.24, 2.45) is 0 Å². The SMILES string of the molecule is COc1cc(Br)cc(F)c1C[PH](c1ccccc1)(c1ccccc1)c1ccccc1. The van der Waals surface area contributed by atoms with E-state index in [1.165, 1.54) is 22.0 Å². The second kappa shape index (κ2) is 9.12. The van der Waals surface area contributed by atoms with E-state index < -0.39 is 7.26 Å².